The second-order valence-electron chi connectivity index (χ2n) is 5.07. The van der Waals surface area contributed by atoms with Crippen molar-refractivity contribution >= 4 is 37.7 Å². The Morgan fingerprint density at radius 1 is 1.22 bits per heavy atom. The molecule has 0 unspecified atom stereocenters. The molecule has 4 nitrogen and oxygen atoms in total. The molecule has 0 aliphatic carbocycles. The van der Waals surface area contributed by atoms with Crippen LogP contribution >= 0.6 is 27.7 Å². The number of sulfonamides is 1. The lowest BCUT2D eigenvalue weighted by Gasteiger charge is -2.23. The van der Waals surface area contributed by atoms with E-state index in [1.165, 1.54) is 0 Å². The van der Waals surface area contributed by atoms with Gasteiger partial charge in [0.1, 0.15) is 5.75 Å². The van der Waals surface area contributed by atoms with Crippen molar-refractivity contribution in [2.45, 2.75) is 10.3 Å². The molecule has 1 fully saturated rings. The van der Waals surface area contributed by atoms with Crippen LogP contribution in [0.3, 0.4) is 0 Å². The number of thioether (sulfide) groups is 1. The van der Waals surface area contributed by atoms with Gasteiger partial charge in [0.15, 0.2) is 0 Å². The monoisotopic (exact) mass is 413 g/mol. The van der Waals surface area contributed by atoms with Gasteiger partial charge in [0, 0.05) is 16.8 Å². The quantitative estimate of drug-likeness (QED) is 0.762. The van der Waals surface area contributed by atoms with E-state index in [4.69, 9.17) is 4.74 Å². The van der Waals surface area contributed by atoms with Crippen molar-refractivity contribution in [1.29, 1.82) is 0 Å². The minimum Gasteiger partial charge on any atom is -0.497 e. The number of nitrogens with zero attached hydrogens (tertiary/aromatic N) is 1. The van der Waals surface area contributed by atoms with E-state index in [0.717, 1.165) is 21.5 Å². The van der Waals surface area contributed by atoms with Crippen molar-refractivity contribution in [1.82, 2.24) is 4.31 Å². The molecule has 0 radical (unpaired) electrons. The van der Waals surface area contributed by atoms with Crippen molar-refractivity contribution in [3.63, 3.8) is 0 Å². The van der Waals surface area contributed by atoms with E-state index in [2.05, 4.69) is 15.9 Å². The first-order valence-corrected chi connectivity index (χ1v) is 10.3. The van der Waals surface area contributed by atoms with E-state index in [9.17, 15) is 8.42 Å². The highest BCUT2D eigenvalue weighted by molar-refractivity contribution is 9.10. The minimum atomic E-state index is -3.52. The third kappa shape index (κ3) is 3.42. The number of benzene rings is 2. The summed E-state index contributed by atoms with van der Waals surface area (Å²) in [4.78, 5) is 0.313. The normalized spacial score (nSPS) is 19.0. The molecule has 1 aliphatic heterocycles. The summed E-state index contributed by atoms with van der Waals surface area (Å²) in [6.45, 7) is 0.510. The van der Waals surface area contributed by atoms with Gasteiger partial charge in [-0.2, -0.15) is 4.31 Å². The van der Waals surface area contributed by atoms with Gasteiger partial charge in [-0.3, -0.25) is 0 Å². The van der Waals surface area contributed by atoms with Gasteiger partial charge in [0.05, 0.1) is 17.4 Å². The number of halogens is 1. The largest absolute Gasteiger partial charge is 0.497 e. The van der Waals surface area contributed by atoms with Gasteiger partial charge >= 0.3 is 0 Å². The van der Waals surface area contributed by atoms with Crippen LogP contribution in [0.25, 0.3) is 0 Å². The van der Waals surface area contributed by atoms with Crippen LogP contribution in [0.2, 0.25) is 0 Å². The molecule has 1 saturated heterocycles. The maximum atomic E-state index is 13.0. The average Bonchev–Trinajstić information content (AvgIpc) is 3.05. The zero-order valence-electron chi connectivity index (χ0n) is 12.5. The SMILES string of the molecule is COc1ccc([C@H]2SCCN2S(=O)(=O)c2cccc(Br)c2)cc1. The van der Waals surface area contributed by atoms with E-state index in [1.807, 2.05) is 30.3 Å². The first kappa shape index (κ1) is 16.8. The van der Waals surface area contributed by atoms with Crippen LogP contribution in [0.15, 0.2) is 57.9 Å². The zero-order chi connectivity index (χ0) is 16.4. The highest BCUT2D eigenvalue weighted by Gasteiger charge is 2.36. The molecule has 0 aromatic heterocycles. The second-order valence-corrected chi connectivity index (χ2v) is 9.06. The second kappa shape index (κ2) is 6.84. The van der Waals surface area contributed by atoms with Crippen LogP contribution in [-0.2, 0) is 10.0 Å². The third-order valence-corrected chi connectivity index (χ3v) is 7.40. The Bertz CT molecular complexity index is 793. The lowest BCUT2D eigenvalue weighted by molar-refractivity contribution is 0.413. The van der Waals surface area contributed by atoms with E-state index in [-0.39, 0.29) is 5.37 Å². The van der Waals surface area contributed by atoms with Gasteiger partial charge in [0.2, 0.25) is 10.0 Å². The molecular formula is C16H16BrNO3S2. The molecule has 7 heteroatoms. The molecule has 1 atom stereocenters. The molecule has 0 spiro atoms. The molecule has 0 saturated carbocycles. The van der Waals surface area contributed by atoms with E-state index >= 15 is 0 Å². The smallest absolute Gasteiger partial charge is 0.244 e. The Morgan fingerprint density at radius 3 is 2.61 bits per heavy atom. The third-order valence-electron chi connectivity index (χ3n) is 3.65. The van der Waals surface area contributed by atoms with Crippen LogP contribution in [0, 0.1) is 0 Å². The van der Waals surface area contributed by atoms with E-state index in [1.54, 1.807) is 41.4 Å². The molecule has 2 aromatic carbocycles. The fourth-order valence-corrected chi connectivity index (χ4v) is 6.33. The number of hydrogen-bond donors (Lipinski definition) is 0. The van der Waals surface area contributed by atoms with E-state index in [0.29, 0.717) is 11.4 Å². The fourth-order valence-electron chi connectivity index (χ4n) is 2.49. The average molecular weight is 414 g/mol. The maximum Gasteiger partial charge on any atom is 0.244 e. The summed E-state index contributed by atoms with van der Waals surface area (Å²) in [7, 11) is -1.91. The zero-order valence-corrected chi connectivity index (χ0v) is 15.7. The van der Waals surface area contributed by atoms with Crippen molar-refractivity contribution in [2.75, 3.05) is 19.4 Å². The number of hydrogen-bond acceptors (Lipinski definition) is 4. The van der Waals surface area contributed by atoms with Gasteiger partial charge in [-0.1, -0.05) is 34.1 Å². The minimum absolute atomic E-state index is 0.204. The lowest BCUT2D eigenvalue weighted by atomic mass is 10.2. The van der Waals surface area contributed by atoms with Crippen LogP contribution in [-0.4, -0.2) is 32.1 Å². The molecule has 3 rings (SSSR count). The topological polar surface area (TPSA) is 46.6 Å². The highest BCUT2D eigenvalue weighted by atomic mass is 79.9. The van der Waals surface area contributed by atoms with Crippen molar-refractivity contribution in [3.8, 4) is 5.75 Å². The summed E-state index contributed by atoms with van der Waals surface area (Å²) in [5.74, 6) is 1.54. The predicted octanol–water partition coefficient (Wildman–Crippen LogP) is 3.89. The van der Waals surface area contributed by atoms with Crippen LogP contribution in [0.4, 0.5) is 0 Å². The lowest BCUT2D eigenvalue weighted by Crippen LogP contribution is -2.30. The molecule has 122 valence electrons. The van der Waals surface area contributed by atoms with Crippen LogP contribution < -0.4 is 4.74 Å². The summed E-state index contributed by atoms with van der Waals surface area (Å²) < 4.78 is 33.4. The number of rotatable bonds is 4. The summed E-state index contributed by atoms with van der Waals surface area (Å²) >= 11 is 4.97. The Kier molecular flexibility index (Phi) is 5.01. The summed E-state index contributed by atoms with van der Waals surface area (Å²) in [6.07, 6.45) is 0. The van der Waals surface area contributed by atoms with Gasteiger partial charge in [-0.15, -0.1) is 11.8 Å². The molecule has 1 aliphatic rings. The first-order chi connectivity index (χ1) is 11.0. The summed E-state index contributed by atoms with van der Waals surface area (Å²) in [5.41, 5.74) is 0.965. The summed E-state index contributed by atoms with van der Waals surface area (Å²) in [5, 5.41) is -0.204. The van der Waals surface area contributed by atoms with Crippen molar-refractivity contribution in [3.05, 3.63) is 58.6 Å². The van der Waals surface area contributed by atoms with Gasteiger partial charge in [-0.25, -0.2) is 8.42 Å². The highest BCUT2D eigenvalue weighted by Crippen LogP contribution is 2.41. The Hall–Kier alpha value is -1.02. The molecule has 0 bridgehead atoms. The molecule has 23 heavy (non-hydrogen) atoms. The first-order valence-electron chi connectivity index (χ1n) is 7.05. The van der Waals surface area contributed by atoms with Crippen LogP contribution in [0.5, 0.6) is 5.75 Å². The molecule has 1 heterocycles. The molecule has 0 amide bonds. The Balaban J connectivity index is 1.94. The Morgan fingerprint density at radius 2 is 1.96 bits per heavy atom. The van der Waals surface area contributed by atoms with Gasteiger partial charge in [0.25, 0.3) is 0 Å². The maximum absolute atomic E-state index is 13.0. The van der Waals surface area contributed by atoms with E-state index < -0.39 is 10.0 Å². The van der Waals surface area contributed by atoms with Crippen LogP contribution in [0.1, 0.15) is 10.9 Å². The summed E-state index contributed by atoms with van der Waals surface area (Å²) in [6, 6.07) is 14.4. The number of methoxy groups -OCH3 is 1. The standard InChI is InChI=1S/C16H16BrNO3S2/c1-21-14-7-5-12(6-8-14)16-18(9-10-22-16)23(19,20)15-4-2-3-13(17)11-15/h2-8,11,16H,9-10H2,1H3/t16-/m1/s1. The molecular weight excluding hydrogens is 398 g/mol. The molecule has 0 N–H and O–H groups in total. The molecule has 2 aromatic rings. The van der Waals surface area contributed by atoms with Gasteiger partial charge < -0.3 is 4.74 Å². The number of ether oxygens (including phenoxy) is 1. The fraction of sp³-hybridized carbons (Fsp3) is 0.250. The van der Waals surface area contributed by atoms with Crippen molar-refractivity contribution < 1.29 is 13.2 Å². The van der Waals surface area contributed by atoms with Crippen molar-refractivity contribution in [2.24, 2.45) is 0 Å². The Labute approximate surface area is 149 Å². The predicted molar refractivity (Wildman–Crippen MR) is 96.2 cm³/mol. The van der Waals surface area contributed by atoms with Gasteiger partial charge in [-0.05, 0) is 35.9 Å².